The fourth-order valence-electron chi connectivity index (χ4n) is 6.83. The molecular formula is C44H30N2O. The fourth-order valence-corrected chi connectivity index (χ4v) is 6.83. The maximum atomic E-state index is 6.84. The Morgan fingerprint density at radius 2 is 0.979 bits per heavy atom. The first-order valence-corrected chi connectivity index (χ1v) is 15.9. The predicted octanol–water partition coefficient (Wildman–Crippen LogP) is 12.3. The minimum atomic E-state index is 0.892. The summed E-state index contributed by atoms with van der Waals surface area (Å²) in [5.74, 6) is 0. The first kappa shape index (κ1) is 27.0. The van der Waals surface area contributed by atoms with Crippen molar-refractivity contribution in [3.05, 3.63) is 182 Å². The summed E-state index contributed by atoms with van der Waals surface area (Å²) in [4.78, 5) is 2.31. The van der Waals surface area contributed by atoms with E-state index in [1.807, 2.05) is 0 Å². The second-order valence-electron chi connectivity index (χ2n) is 11.8. The zero-order chi connectivity index (χ0) is 31.2. The van der Waals surface area contributed by atoms with Gasteiger partial charge in [0.05, 0.1) is 5.52 Å². The van der Waals surface area contributed by atoms with Gasteiger partial charge in [-0.05, 0) is 83.4 Å². The monoisotopic (exact) mass is 602 g/mol. The van der Waals surface area contributed by atoms with E-state index in [4.69, 9.17) is 4.42 Å². The molecule has 0 atom stereocenters. The summed E-state index contributed by atoms with van der Waals surface area (Å²) in [5.41, 5.74) is 13.0. The van der Waals surface area contributed by atoms with Crippen LogP contribution in [0.3, 0.4) is 0 Å². The van der Waals surface area contributed by atoms with Crippen molar-refractivity contribution in [1.82, 2.24) is 4.57 Å². The van der Waals surface area contributed by atoms with E-state index in [1.165, 1.54) is 11.1 Å². The number of para-hydroxylation sites is 4. The smallest absolute Gasteiger partial charge is 0.161 e. The lowest BCUT2D eigenvalue weighted by molar-refractivity contribution is 0.674. The SMILES string of the molecule is c1ccc(-c2ccc(N(c3ccccc3)c3cccc(-c4cccc5c4oc4c6ccccc6n(-c6ccccc6)c54)c3)cc2)cc1. The molecule has 47 heavy (non-hydrogen) atoms. The Morgan fingerprint density at radius 3 is 1.77 bits per heavy atom. The van der Waals surface area contributed by atoms with Crippen molar-refractivity contribution in [2.45, 2.75) is 0 Å². The molecule has 0 aliphatic heterocycles. The molecule has 0 radical (unpaired) electrons. The van der Waals surface area contributed by atoms with E-state index in [0.717, 1.165) is 66.8 Å². The number of fused-ring (bicyclic) bond motifs is 5. The zero-order valence-electron chi connectivity index (χ0n) is 25.6. The number of nitrogens with zero attached hydrogens (tertiary/aromatic N) is 2. The van der Waals surface area contributed by atoms with Crippen LogP contribution in [0.4, 0.5) is 17.1 Å². The van der Waals surface area contributed by atoms with Gasteiger partial charge in [0.25, 0.3) is 0 Å². The van der Waals surface area contributed by atoms with Crippen LogP contribution < -0.4 is 4.90 Å². The van der Waals surface area contributed by atoms with Crippen molar-refractivity contribution in [2.75, 3.05) is 4.90 Å². The minimum Gasteiger partial charge on any atom is -0.453 e. The van der Waals surface area contributed by atoms with Crippen LogP contribution >= 0.6 is 0 Å². The molecule has 9 aromatic rings. The van der Waals surface area contributed by atoms with Crippen molar-refractivity contribution in [1.29, 1.82) is 0 Å². The van der Waals surface area contributed by atoms with Gasteiger partial charge >= 0.3 is 0 Å². The predicted molar refractivity (Wildman–Crippen MR) is 196 cm³/mol. The first-order chi connectivity index (χ1) is 23.3. The van der Waals surface area contributed by atoms with E-state index in [1.54, 1.807) is 0 Å². The van der Waals surface area contributed by atoms with E-state index in [9.17, 15) is 0 Å². The van der Waals surface area contributed by atoms with E-state index in [2.05, 4.69) is 191 Å². The van der Waals surface area contributed by atoms with Gasteiger partial charge < -0.3 is 13.9 Å². The van der Waals surface area contributed by atoms with Crippen molar-refractivity contribution in [3.63, 3.8) is 0 Å². The third-order valence-corrected chi connectivity index (χ3v) is 8.98. The quantitative estimate of drug-likeness (QED) is 0.189. The normalized spacial score (nSPS) is 11.4. The van der Waals surface area contributed by atoms with Crippen LogP contribution in [-0.2, 0) is 0 Å². The largest absolute Gasteiger partial charge is 0.453 e. The molecule has 2 aromatic heterocycles. The number of aromatic nitrogens is 1. The van der Waals surface area contributed by atoms with E-state index in [0.29, 0.717) is 0 Å². The minimum absolute atomic E-state index is 0.892. The summed E-state index contributed by atoms with van der Waals surface area (Å²) in [6, 6.07) is 64.2. The van der Waals surface area contributed by atoms with Crippen LogP contribution in [-0.4, -0.2) is 4.57 Å². The van der Waals surface area contributed by atoms with E-state index < -0.39 is 0 Å². The number of hydrogen-bond donors (Lipinski definition) is 0. The number of rotatable bonds is 6. The highest BCUT2D eigenvalue weighted by molar-refractivity contribution is 6.18. The average molecular weight is 603 g/mol. The molecule has 0 spiro atoms. The van der Waals surface area contributed by atoms with Crippen LogP contribution in [0.1, 0.15) is 0 Å². The second kappa shape index (κ2) is 11.2. The molecule has 222 valence electrons. The standard InChI is InChI=1S/C44H30N2O/c1-4-14-31(15-5-1)32-26-28-36(29-27-32)45(34-17-6-2-7-18-34)37-21-12-16-33(30-37)38-23-13-24-40-42-44(47-43(38)40)39-22-10-11-25-41(39)46(42)35-19-8-3-9-20-35/h1-30H. The van der Waals surface area contributed by atoms with Crippen LogP contribution in [0.25, 0.3) is 60.9 Å². The molecule has 2 heterocycles. The first-order valence-electron chi connectivity index (χ1n) is 15.9. The maximum Gasteiger partial charge on any atom is 0.161 e. The Morgan fingerprint density at radius 1 is 0.404 bits per heavy atom. The molecule has 3 heteroatoms. The molecular weight excluding hydrogens is 572 g/mol. The number of anilines is 3. The Balaban J connectivity index is 1.20. The Labute approximate surface area is 273 Å². The summed E-state index contributed by atoms with van der Waals surface area (Å²) in [6.45, 7) is 0. The molecule has 9 rings (SSSR count). The summed E-state index contributed by atoms with van der Waals surface area (Å²) >= 11 is 0. The van der Waals surface area contributed by atoms with Gasteiger partial charge in [0.15, 0.2) is 5.58 Å². The Kier molecular flexibility index (Phi) is 6.46. The van der Waals surface area contributed by atoms with Gasteiger partial charge in [-0.2, -0.15) is 0 Å². The van der Waals surface area contributed by atoms with Crippen molar-refractivity contribution < 1.29 is 4.42 Å². The third kappa shape index (κ3) is 4.60. The fraction of sp³-hybridized carbons (Fsp3) is 0. The third-order valence-electron chi connectivity index (χ3n) is 8.98. The second-order valence-corrected chi connectivity index (χ2v) is 11.8. The van der Waals surface area contributed by atoms with Crippen LogP contribution in [0.15, 0.2) is 186 Å². The van der Waals surface area contributed by atoms with Crippen molar-refractivity contribution >= 4 is 50.0 Å². The Bertz CT molecular complexity index is 2490. The molecule has 0 amide bonds. The number of benzene rings is 7. The summed E-state index contributed by atoms with van der Waals surface area (Å²) < 4.78 is 9.17. The lowest BCUT2D eigenvalue weighted by atomic mass is 10.0. The highest BCUT2D eigenvalue weighted by atomic mass is 16.3. The van der Waals surface area contributed by atoms with Gasteiger partial charge in [-0.3, -0.25) is 0 Å². The molecule has 3 nitrogen and oxygen atoms in total. The van der Waals surface area contributed by atoms with Crippen LogP contribution in [0.2, 0.25) is 0 Å². The zero-order valence-corrected chi connectivity index (χ0v) is 25.6. The maximum absolute atomic E-state index is 6.84. The lowest BCUT2D eigenvalue weighted by Gasteiger charge is -2.26. The summed E-state index contributed by atoms with van der Waals surface area (Å²) in [6.07, 6.45) is 0. The van der Waals surface area contributed by atoms with E-state index in [-0.39, 0.29) is 0 Å². The van der Waals surface area contributed by atoms with Gasteiger partial charge in [-0.1, -0.05) is 115 Å². The molecule has 7 aromatic carbocycles. The summed E-state index contributed by atoms with van der Waals surface area (Å²) in [7, 11) is 0. The average Bonchev–Trinajstić information content (AvgIpc) is 3.68. The summed E-state index contributed by atoms with van der Waals surface area (Å²) in [5, 5.41) is 2.20. The van der Waals surface area contributed by atoms with Gasteiger partial charge in [0, 0.05) is 39.1 Å². The van der Waals surface area contributed by atoms with Crippen LogP contribution in [0.5, 0.6) is 0 Å². The molecule has 0 fully saturated rings. The highest BCUT2D eigenvalue weighted by Gasteiger charge is 2.21. The van der Waals surface area contributed by atoms with Gasteiger partial charge in [-0.15, -0.1) is 0 Å². The van der Waals surface area contributed by atoms with Gasteiger partial charge in [0.2, 0.25) is 0 Å². The lowest BCUT2D eigenvalue weighted by Crippen LogP contribution is -2.09. The number of furan rings is 1. The van der Waals surface area contributed by atoms with Crippen molar-refractivity contribution in [3.8, 4) is 27.9 Å². The van der Waals surface area contributed by atoms with E-state index >= 15 is 0 Å². The van der Waals surface area contributed by atoms with Crippen molar-refractivity contribution in [2.24, 2.45) is 0 Å². The Hall–Kier alpha value is -6.32. The number of hydrogen-bond acceptors (Lipinski definition) is 2. The molecule has 0 N–H and O–H groups in total. The molecule has 0 bridgehead atoms. The molecule has 0 saturated carbocycles. The van der Waals surface area contributed by atoms with Crippen LogP contribution in [0, 0.1) is 0 Å². The van der Waals surface area contributed by atoms with Gasteiger partial charge in [-0.25, -0.2) is 0 Å². The van der Waals surface area contributed by atoms with Gasteiger partial charge in [0.1, 0.15) is 11.1 Å². The highest BCUT2D eigenvalue weighted by Crippen LogP contribution is 2.43. The molecule has 0 aliphatic rings. The topological polar surface area (TPSA) is 21.3 Å². The molecule has 0 aliphatic carbocycles. The molecule has 0 unspecified atom stereocenters. The molecule has 0 saturated heterocycles.